The van der Waals surface area contributed by atoms with Crippen molar-refractivity contribution in [2.45, 2.75) is 20.3 Å². The smallest absolute Gasteiger partial charge is 0.161 e. The molecular formula is C10H12ClN3. The summed E-state index contributed by atoms with van der Waals surface area (Å²) in [6.07, 6.45) is 0.899. The van der Waals surface area contributed by atoms with Crippen LogP contribution in [0.3, 0.4) is 0 Å². The second-order valence-corrected chi connectivity index (χ2v) is 3.66. The Kier molecular flexibility index (Phi) is 2.11. The van der Waals surface area contributed by atoms with E-state index < -0.39 is 0 Å². The minimum absolute atomic E-state index is 0.659. The largest absolute Gasteiger partial charge is 0.396 e. The molecule has 0 bridgehead atoms. The number of rotatable bonds is 1. The molecule has 3 nitrogen and oxygen atoms in total. The van der Waals surface area contributed by atoms with Gasteiger partial charge in [-0.05, 0) is 25.5 Å². The van der Waals surface area contributed by atoms with E-state index in [0.717, 1.165) is 23.5 Å². The summed E-state index contributed by atoms with van der Waals surface area (Å²) in [5.74, 6) is 0. The number of hydrogen-bond donors (Lipinski definition) is 1. The van der Waals surface area contributed by atoms with Crippen LogP contribution in [0.15, 0.2) is 12.1 Å². The Hall–Kier alpha value is -1.22. The van der Waals surface area contributed by atoms with Crippen LogP contribution in [-0.2, 0) is 6.42 Å². The number of nitrogens with two attached hydrogens (primary N) is 1. The van der Waals surface area contributed by atoms with Crippen LogP contribution >= 0.6 is 11.6 Å². The van der Waals surface area contributed by atoms with Gasteiger partial charge in [-0.3, -0.25) is 4.40 Å². The molecule has 14 heavy (non-hydrogen) atoms. The molecule has 0 saturated heterocycles. The summed E-state index contributed by atoms with van der Waals surface area (Å²) >= 11 is 6.09. The van der Waals surface area contributed by atoms with Gasteiger partial charge in [-0.15, -0.1) is 0 Å². The molecule has 0 aliphatic carbocycles. The highest BCUT2D eigenvalue weighted by atomic mass is 35.5. The first-order valence-electron chi connectivity index (χ1n) is 4.57. The van der Waals surface area contributed by atoms with Gasteiger partial charge in [-0.2, -0.15) is 0 Å². The first kappa shape index (κ1) is 9.34. The molecule has 0 aromatic carbocycles. The lowest BCUT2D eigenvalue weighted by Crippen LogP contribution is -1.97. The first-order chi connectivity index (χ1) is 6.65. The Morgan fingerprint density at radius 2 is 2.21 bits per heavy atom. The molecule has 2 aromatic heterocycles. The molecule has 0 aliphatic heterocycles. The standard InChI is InChI=1S/C10H12ClN3/c1-3-8-6(2)13-10-7(12)4-5-9(11)14(8)10/h4-5H,3,12H2,1-2H3. The van der Waals surface area contributed by atoms with Gasteiger partial charge in [-0.25, -0.2) is 4.98 Å². The van der Waals surface area contributed by atoms with E-state index >= 15 is 0 Å². The quantitative estimate of drug-likeness (QED) is 0.734. The number of halogens is 1. The average molecular weight is 210 g/mol. The molecule has 0 atom stereocenters. The topological polar surface area (TPSA) is 43.3 Å². The van der Waals surface area contributed by atoms with Crippen LogP contribution < -0.4 is 5.73 Å². The van der Waals surface area contributed by atoms with Crippen molar-refractivity contribution in [2.75, 3.05) is 5.73 Å². The molecule has 0 aliphatic rings. The summed E-state index contributed by atoms with van der Waals surface area (Å²) in [5.41, 5.74) is 9.36. The van der Waals surface area contributed by atoms with Crippen molar-refractivity contribution in [3.8, 4) is 0 Å². The fourth-order valence-electron chi connectivity index (χ4n) is 1.71. The number of nitrogens with zero attached hydrogens (tertiary/aromatic N) is 2. The van der Waals surface area contributed by atoms with Crippen LogP contribution in [0, 0.1) is 6.92 Å². The number of aromatic nitrogens is 2. The zero-order valence-corrected chi connectivity index (χ0v) is 8.97. The van der Waals surface area contributed by atoms with Gasteiger partial charge in [-0.1, -0.05) is 18.5 Å². The van der Waals surface area contributed by atoms with Gasteiger partial charge >= 0.3 is 0 Å². The van der Waals surface area contributed by atoms with Crippen LogP contribution in [-0.4, -0.2) is 9.38 Å². The maximum Gasteiger partial charge on any atom is 0.161 e. The molecule has 2 rings (SSSR count). The molecule has 2 heterocycles. The van der Waals surface area contributed by atoms with E-state index in [1.165, 1.54) is 0 Å². The van der Waals surface area contributed by atoms with Crippen LogP contribution in [0.2, 0.25) is 5.15 Å². The zero-order chi connectivity index (χ0) is 10.3. The number of fused-ring (bicyclic) bond motifs is 1. The van der Waals surface area contributed by atoms with E-state index in [1.54, 1.807) is 12.1 Å². The number of aryl methyl sites for hydroxylation is 2. The van der Waals surface area contributed by atoms with Gasteiger partial charge in [0.1, 0.15) is 5.15 Å². The van der Waals surface area contributed by atoms with Gasteiger partial charge in [0.05, 0.1) is 11.4 Å². The first-order valence-corrected chi connectivity index (χ1v) is 4.94. The molecule has 0 fully saturated rings. The predicted octanol–water partition coefficient (Wildman–Crippen LogP) is 2.44. The van der Waals surface area contributed by atoms with Gasteiger partial charge in [0.15, 0.2) is 5.65 Å². The summed E-state index contributed by atoms with van der Waals surface area (Å²) in [7, 11) is 0. The zero-order valence-electron chi connectivity index (χ0n) is 8.21. The highest BCUT2D eigenvalue weighted by molar-refractivity contribution is 6.30. The predicted molar refractivity (Wildman–Crippen MR) is 58.7 cm³/mol. The van der Waals surface area contributed by atoms with E-state index in [9.17, 15) is 0 Å². The van der Waals surface area contributed by atoms with Crippen LogP contribution in [0.5, 0.6) is 0 Å². The lowest BCUT2D eigenvalue weighted by atomic mass is 10.3. The summed E-state index contributed by atoms with van der Waals surface area (Å²) in [6.45, 7) is 4.05. The lowest BCUT2D eigenvalue weighted by Gasteiger charge is -2.03. The number of pyridine rings is 1. The molecule has 4 heteroatoms. The molecular weight excluding hydrogens is 198 g/mol. The van der Waals surface area contributed by atoms with E-state index in [0.29, 0.717) is 10.8 Å². The van der Waals surface area contributed by atoms with Gasteiger partial charge in [0, 0.05) is 5.69 Å². The third-order valence-corrected chi connectivity index (χ3v) is 2.68. The number of imidazole rings is 1. The minimum atomic E-state index is 0.659. The summed E-state index contributed by atoms with van der Waals surface area (Å²) < 4.78 is 1.91. The fourth-order valence-corrected chi connectivity index (χ4v) is 1.95. The Balaban J connectivity index is 2.93. The lowest BCUT2D eigenvalue weighted by molar-refractivity contribution is 0.979. The highest BCUT2D eigenvalue weighted by Gasteiger charge is 2.11. The van der Waals surface area contributed by atoms with Crippen molar-refractivity contribution in [3.05, 3.63) is 28.7 Å². The third kappa shape index (κ3) is 1.16. The van der Waals surface area contributed by atoms with Crippen LogP contribution in [0.4, 0.5) is 5.69 Å². The van der Waals surface area contributed by atoms with Crippen molar-refractivity contribution in [1.29, 1.82) is 0 Å². The summed E-state index contributed by atoms with van der Waals surface area (Å²) in [6, 6.07) is 3.58. The SMILES string of the molecule is CCc1c(C)nc2c(N)ccc(Cl)n12. The Labute approximate surface area is 87.5 Å². The molecule has 0 amide bonds. The van der Waals surface area contributed by atoms with E-state index in [-0.39, 0.29) is 0 Å². The maximum atomic E-state index is 6.09. The maximum absolute atomic E-state index is 6.09. The molecule has 0 radical (unpaired) electrons. The molecule has 0 unspecified atom stereocenters. The monoisotopic (exact) mass is 209 g/mol. The van der Waals surface area contributed by atoms with Crippen LogP contribution in [0.25, 0.3) is 5.65 Å². The highest BCUT2D eigenvalue weighted by Crippen LogP contribution is 2.23. The molecule has 2 aromatic rings. The van der Waals surface area contributed by atoms with Gasteiger partial charge < -0.3 is 5.73 Å². The fraction of sp³-hybridized carbons (Fsp3) is 0.300. The van der Waals surface area contributed by atoms with Crippen LogP contribution in [0.1, 0.15) is 18.3 Å². The number of anilines is 1. The normalized spacial score (nSPS) is 11.1. The Bertz CT molecular complexity index is 488. The molecule has 0 spiro atoms. The Morgan fingerprint density at radius 1 is 1.50 bits per heavy atom. The Morgan fingerprint density at radius 3 is 2.86 bits per heavy atom. The number of hydrogen-bond acceptors (Lipinski definition) is 2. The van der Waals surface area contributed by atoms with E-state index in [2.05, 4.69) is 11.9 Å². The molecule has 2 N–H and O–H groups in total. The van der Waals surface area contributed by atoms with E-state index in [1.807, 2.05) is 11.3 Å². The van der Waals surface area contributed by atoms with Crippen molar-refractivity contribution >= 4 is 22.9 Å². The average Bonchev–Trinajstić information content (AvgIpc) is 2.50. The second-order valence-electron chi connectivity index (χ2n) is 3.27. The van der Waals surface area contributed by atoms with Crippen molar-refractivity contribution < 1.29 is 0 Å². The van der Waals surface area contributed by atoms with Gasteiger partial charge in [0.25, 0.3) is 0 Å². The molecule has 0 saturated carbocycles. The van der Waals surface area contributed by atoms with Crippen molar-refractivity contribution in [3.63, 3.8) is 0 Å². The second kappa shape index (κ2) is 3.17. The van der Waals surface area contributed by atoms with Crippen molar-refractivity contribution in [1.82, 2.24) is 9.38 Å². The third-order valence-electron chi connectivity index (χ3n) is 2.38. The number of nitrogen functional groups attached to an aromatic ring is 1. The van der Waals surface area contributed by atoms with Gasteiger partial charge in [0.2, 0.25) is 0 Å². The van der Waals surface area contributed by atoms with Crippen molar-refractivity contribution in [2.24, 2.45) is 0 Å². The minimum Gasteiger partial charge on any atom is -0.396 e. The van der Waals surface area contributed by atoms with E-state index in [4.69, 9.17) is 17.3 Å². The summed E-state index contributed by atoms with van der Waals surface area (Å²) in [4.78, 5) is 4.40. The summed E-state index contributed by atoms with van der Waals surface area (Å²) in [5, 5.41) is 0.659. The molecule has 74 valence electrons.